The topological polar surface area (TPSA) is 79.9 Å². The van der Waals surface area contributed by atoms with E-state index in [2.05, 4.69) is 6.58 Å². The Morgan fingerprint density at radius 3 is 2.40 bits per heavy atom. The first kappa shape index (κ1) is 21.8. The van der Waals surface area contributed by atoms with Crippen LogP contribution in [0.15, 0.2) is 70.9 Å². The lowest BCUT2D eigenvalue weighted by molar-refractivity contribution is 0.605. The number of nitriles is 1. The van der Waals surface area contributed by atoms with Gasteiger partial charge in [-0.3, -0.25) is 9.36 Å². The highest BCUT2D eigenvalue weighted by molar-refractivity contribution is 8.00. The fraction of sp³-hybridized carbons (Fsp3) is 0.0909. The van der Waals surface area contributed by atoms with Crippen molar-refractivity contribution in [1.29, 1.82) is 5.26 Å². The van der Waals surface area contributed by atoms with Gasteiger partial charge in [0.05, 0.1) is 9.43 Å². The SMILES string of the molecule is C=CCn1c(=C(C#N)S(=O)(=O)c2ccc(C)cc2)sc(=Cc2ccc(Cl)cc2)c1=O. The normalized spacial score (nSPS) is 13.0. The zero-order valence-electron chi connectivity index (χ0n) is 16.0. The van der Waals surface area contributed by atoms with Gasteiger partial charge >= 0.3 is 0 Å². The van der Waals surface area contributed by atoms with E-state index in [1.54, 1.807) is 48.5 Å². The highest BCUT2D eigenvalue weighted by atomic mass is 35.5. The summed E-state index contributed by atoms with van der Waals surface area (Å²) >= 11 is 6.86. The summed E-state index contributed by atoms with van der Waals surface area (Å²) in [4.78, 5) is 12.5. The number of halogens is 1. The number of allylic oxidation sites excluding steroid dienone is 1. The molecule has 0 aliphatic rings. The average molecular weight is 457 g/mol. The van der Waals surface area contributed by atoms with E-state index in [9.17, 15) is 18.5 Å². The summed E-state index contributed by atoms with van der Waals surface area (Å²) in [6.45, 7) is 5.55. The third kappa shape index (κ3) is 4.31. The van der Waals surface area contributed by atoms with Gasteiger partial charge in [-0.2, -0.15) is 5.26 Å². The maximum absolute atomic E-state index is 13.1. The summed E-state index contributed by atoms with van der Waals surface area (Å²) in [5.41, 5.74) is 1.23. The summed E-state index contributed by atoms with van der Waals surface area (Å²) in [6.07, 6.45) is 3.12. The van der Waals surface area contributed by atoms with E-state index < -0.39 is 20.3 Å². The molecule has 0 amide bonds. The van der Waals surface area contributed by atoms with E-state index in [1.165, 1.54) is 22.8 Å². The molecule has 3 aromatic rings. The molecular formula is C22H17ClN2O3S2. The van der Waals surface area contributed by atoms with Crippen molar-refractivity contribution in [3.8, 4) is 6.07 Å². The molecule has 3 rings (SSSR count). The van der Waals surface area contributed by atoms with Gasteiger partial charge in [0.25, 0.3) is 5.56 Å². The highest BCUT2D eigenvalue weighted by Crippen LogP contribution is 2.19. The van der Waals surface area contributed by atoms with E-state index in [4.69, 9.17) is 11.6 Å². The predicted octanol–water partition coefficient (Wildman–Crippen LogP) is 2.99. The second kappa shape index (κ2) is 8.84. The zero-order valence-corrected chi connectivity index (χ0v) is 18.4. The van der Waals surface area contributed by atoms with Crippen LogP contribution in [0, 0.1) is 18.3 Å². The van der Waals surface area contributed by atoms with Gasteiger partial charge in [-0.15, -0.1) is 17.9 Å². The molecule has 30 heavy (non-hydrogen) atoms. The van der Waals surface area contributed by atoms with Crippen LogP contribution in [0.4, 0.5) is 0 Å². The van der Waals surface area contributed by atoms with Gasteiger partial charge < -0.3 is 0 Å². The summed E-state index contributed by atoms with van der Waals surface area (Å²) in [6, 6.07) is 14.9. The minimum absolute atomic E-state index is 0.00103. The Morgan fingerprint density at radius 1 is 1.20 bits per heavy atom. The van der Waals surface area contributed by atoms with E-state index in [-0.39, 0.29) is 16.1 Å². The third-order valence-electron chi connectivity index (χ3n) is 4.28. The van der Waals surface area contributed by atoms with Crippen molar-refractivity contribution in [1.82, 2.24) is 4.57 Å². The lowest BCUT2D eigenvalue weighted by Crippen LogP contribution is -2.32. The van der Waals surface area contributed by atoms with Crippen LogP contribution < -0.4 is 14.8 Å². The molecule has 0 saturated heterocycles. The molecule has 1 aromatic heterocycles. The molecule has 0 spiro atoms. The molecule has 8 heteroatoms. The van der Waals surface area contributed by atoms with Crippen LogP contribution in [-0.2, 0) is 16.4 Å². The molecule has 0 N–H and O–H groups in total. The number of hydrogen-bond donors (Lipinski definition) is 0. The average Bonchev–Trinajstić information content (AvgIpc) is 3.00. The number of benzene rings is 2. The Morgan fingerprint density at radius 2 is 1.83 bits per heavy atom. The summed E-state index contributed by atoms with van der Waals surface area (Å²) in [5, 5.41) is 10.3. The van der Waals surface area contributed by atoms with Crippen LogP contribution in [0.1, 0.15) is 11.1 Å². The molecule has 0 aliphatic carbocycles. The molecule has 0 bridgehead atoms. The maximum atomic E-state index is 13.1. The van der Waals surface area contributed by atoms with E-state index in [0.29, 0.717) is 9.55 Å². The number of aryl methyl sites for hydroxylation is 1. The molecule has 0 saturated carbocycles. The molecular weight excluding hydrogens is 440 g/mol. The van der Waals surface area contributed by atoms with Gasteiger partial charge in [-0.25, -0.2) is 8.42 Å². The molecule has 0 radical (unpaired) electrons. The van der Waals surface area contributed by atoms with Crippen molar-refractivity contribution in [2.24, 2.45) is 0 Å². The van der Waals surface area contributed by atoms with E-state index in [0.717, 1.165) is 22.5 Å². The van der Waals surface area contributed by atoms with Crippen LogP contribution in [0.25, 0.3) is 11.0 Å². The fourth-order valence-electron chi connectivity index (χ4n) is 2.75. The summed E-state index contributed by atoms with van der Waals surface area (Å²) in [7, 11) is -4.10. The fourth-order valence-corrected chi connectivity index (χ4v) is 5.53. The van der Waals surface area contributed by atoms with Crippen molar-refractivity contribution in [3.05, 3.63) is 96.9 Å². The molecule has 2 aromatic carbocycles. The first-order valence-electron chi connectivity index (χ1n) is 8.82. The number of rotatable bonds is 5. The lowest BCUT2D eigenvalue weighted by Gasteiger charge is -2.04. The molecule has 0 atom stereocenters. The smallest absolute Gasteiger partial charge is 0.269 e. The van der Waals surface area contributed by atoms with Crippen LogP contribution in [0.2, 0.25) is 5.02 Å². The van der Waals surface area contributed by atoms with Crippen molar-refractivity contribution in [2.45, 2.75) is 18.4 Å². The minimum atomic E-state index is -4.10. The number of hydrogen-bond acceptors (Lipinski definition) is 5. The molecule has 0 aliphatic heterocycles. The Kier molecular flexibility index (Phi) is 6.42. The van der Waals surface area contributed by atoms with Crippen molar-refractivity contribution in [2.75, 3.05) is 0 Å². The number of nitrogens with zero attached hydrogens (tertiary/aromatic N) is 2. The predicted molar refractivity (Wildman–Crippen MR) is 120 cm³/mol. The Balaban J connectivity index is 2.34. The standard InChI is InChI=1S/C22H17ClN2O3S2/c1-3-12-25-21(26)19(13-16-6-8-17(23)9-7-16)29-22(25)20(14-24)30(27,28)18-10-4-15(2)5-11-18/h3-11,13H,1,12H2,2H3. The number of sulfone groups is 1. The molecule has 0 fully saturated rings. The van der Waals surface area contributed by atoms with Gasteiger partial charge in [0.1, 0.15) is 10.7 Å². The monoisotopic (exact) mass is 456 g/mol. The minimum Gasteiger partial charge on any atom is -0.293 e. The quantitative estimate of drug-likeness (QED) is 0.553. The summed E-state index contributed by atoms with van der Waals surface area (Å²) in [5.74, 6) is 0. The zero-order chi connectivity index (χ0) is 21.9. The molecule has 1 heterocycles. The summed E-state index contributed by atoms with van der Waals surface area (Å²) < 4.78 is 27.9. The highest BCUT2D eigenvalue weighted by Gasteiger charge is 2.24. The van der Waals surface area contributed by atoms with E-state index in [1.807, 2.05) is 6.92 Å². The largest absolute Gasteiger partial charge is 0.293 e. The van der Waals surface area contributed by atoms with Crippen LogP contribution in [0.3, 0.4) is 0 Å². The second-order valence-electron chi connectivity index (χ2n) is 6.43. The second-order valence-corrected chi connectivity index (χ2v) is 9.78. The van der Waals surface area contributed by atoms with Crippen molar-refractivity contribution < 1.29 is 8.42 Å². The van der Waals surface area contributed by atoms with Gasteiger partial charge in [-0.1, -0.05) is 47.5 Å². The van der Waals surface area contributed by atoms with Crippen molar-refractivity contribution in [3.63, 3.8) is 0 Å². The maximum Gasteiger partial charge on any atom is 0.269 e. The molecule has 0 unspecified atom stereocenters. The van der Waals surface area contributed by atoms with Gasteiger partial charge in [-0.05, 0) is 42.8 Å². The van der Waals surface area contributed by atoms with Gasteiger partial charge in [0, 0.05) is 11.6 Å². The van der Waals surface area contributed by atoms with E-state index >= 15 is 0 Å². The number of aromatic nitrogens is 1. The Bertz CT molecular complexity index is 1420. The first-order valence-corrected chi connectivity index (χ1v) is 11.5. The lowest BCUT2D eigenvalue weighted by atomic mass is 10.2. The molecule has 5 nitrogen and oxygen atoms in total. The third-order valence-corrected chi connectivity index (χ3v) is 7.51. The first-order chi connectivity index (χ1) is 14.3. The van der Waals surface area contributed by atoms with Gasteiger partial charge in [0.15, 0.2) is 4.91 Å². The molecule has 152 valence electrons. The van der Waals surface area contributed by atoms with Crippen LogP contribution >= 0.6 is 22.9 Å². The Labute approximate surface area is 183 Å². The van der Waals surface area contributed by atoms with Crippen LogP contribution in [0.5, 0.6) is 0 Å². The number of thiazole rings is 1. The van der Waals surface area contributed by atoms with Crippen molar-refractivity contribution >= 4 is 43.8 Å². The Hall–Kier alpha value is -2.92. The van der Waals surface area contributed by atoms with Crippen LogP contribution in [-0.4, -0.2) is 13.0 Å². The van der Waals surface area contributed by atoms with Gasteiger partial charge in [0.2, 0.25) is 9.84 Å².